The van der Waals surface area contributed by atoms with Crippen LogP contribution in [0.5, 0.6) is 0 Å². The Morgan fingerprint density at radius 3 is 2.41 bits per heavy atom. The minimum atomic E-state index is -0.684. The molecule has 1 aromatic rings. The van der Waals surface area contributed by atoms with E-state index in [0.717, 1.165) is 52.0 Å². The van der Waals surface area contributed by atoms with E-state index in [1.165, 1.54) is 9.78 Å². The molecule has 27 heavy (non-hydrogen) atoms. The van der Waals surface area contributed by atoms with Crippen LogP contribution >= 0.6 is 11.3 Å². The molecule has 7 heteroatoms. The lowest BCUT2D eigenvalue weighted by molar-refractivity contribution is -0.138. The van der Waals surface area contributed by atoms with Crippen molar-refractivity contribution in [2.24, 2.45) is 11.8 Å². The number of hydrogen-bond acceptors (Lipinski definition) is 5. The predicted molar refractivity (Wildman–Crippen MR) is 106 cm³/mol. The van der Waals surface area contributed by atoms with Gasteiger partial charge in [0.05, 0.1) is 6.67 Å². The summed E-state index contributed by atoms with van der Waals surface area (Å²) in [5.74, 6) is 0.393. The van der Waals surface area contributed by atoms with E-state index < -0.39 is 5.54 Å². The van der Waals surface area contributed by atoms with E-state index in [9.17, 15) is 9.59 Å². The minimum Gasteiger partial charge on any atom is -0.323 e. The molecule has 1 aliphatic carbocycles. The second kappa shape index (κ2) is 7.53. The Bertz CT molecular complexity index is 674. The summed E-state index contributed by atoms with van der Waals surface area (Å²) < 4.78 is 0. The highest BCUT2D eigenvalue weighted by atomic mass is 32.1. The molecule has 2 atom stereocenters. The van der Waals surface area contributed by atoms with Crippen LogP contribution in [0.25, 0.3) is 0 Å². The lowest BCUT2D eigenvalue weighted by atomic mass is 9.67. The molecule has 1 N–H and O–H groups in total. The van der Waals surface area contributed by atoms with Crippen LogP contribution in [0.15, 0.2) is 17.5 Å². The van der Waals surface area contributed by atoms with Gasteiger partial charge in [-0.2, -0.15) is 0 Å². The zero-order chi connectivity index (χ0) is 19.0. The van der Waals surface area contributed by atoms with Gasteiger partial charge < -0.3 is 5.32 Å². The van der Waals surface area contributed by atoms with Gasteiger partial charge in [0.2, 0.25) is 0 Å². The number of urea groups is 1. The first-order valence-corrected chi connectivity index (χ1v) is 11.0. The quantitative estimate of drug-likeness (QED) is 0.803. The Morgan fingerprint density at radius 1 is 1.11 bits per heavy atom. The fraction of sp³-hybridized carbons (Fsp3) is 0.700. The van der Waals surface area contributed by atoms with Crippen molar-refractivity contribution >= 4 is 23.3 Å². The molecule has 2 aliphatic heterocycles. The maximum absolute atomic E-state index is 13.3. The van der Waals surface area contributed by atoms with Crippen molar-refractivity contribution in [3.8, 4) is 0 Å². The molecular formula is C20H30N4O2S. The van der Waals surface area contributed by atoms with Gasteiger partial charge >= 0.3 is 6.03 Å². The number of imide groups is 1. The number of piperazine rings is 1. The average molecular weight is 391 g/mol. The van der Waals surface area contributed by atoms with E-state index in [1.54, 1.807) is 11.3 Å². The molecule has 1 spiro atoms. The van der Waals surface area contributed by atoms with Crippen LogP contribution in [-0.2, 0) is 11.3 Å². The van der Waals surface area contributed by atoms with Gasteiger partial charge in [-0.3, -0.25) is 14.6 Å². The second-order valence-corrected chi connectivity index (χ2v) is 9.41. The van der Waals surface area contributed by atoms with Crippen LogP contribution in [0, 0.1) is 11.8 Å². The number of carbonyl (C=O) groups excluding carboxylic acids is 2. The van der Waals surface area contributed by atoms with E-state index in [4.69, 9.17) is 0 Å². The highest BCUT2D eigenvalue weighted by Crippen LogP contribution is 2.42. The van der Waals surface area contributed by atoms with E-state index in [-0.39, 0.29) is 23.8 Å². The number of hydrogen-bond donors (Lipinski definition) is 1. The standard InChI is InChI=1S/C20H30N4O2S/c1-15-5-3-6-16(2)20(15)18(25)24(19(26)21-20)14-23-10-8-22(9-11-23)13-17-7-4-12-27-17/h4,7,12,15-16H,3,5-6,8-11,13-14H2,1-2H3,(H,21,26). The third kappa shape index (κ3) is 3.41. The normalized spacial score (nSPS) is 33.0. The van der Waals surface area contributed by atoms with Crippen LogP contribution in [0.1, 0.15) is 38.0 Å². The monoisotopic (exact) mass is 390 g/mol. The van der Waals surface area contributed by atoms with Crippen LogP contribution in [0.2, 0.25) is 0 Å². The summed E-state index contributed by atoms with van der Waals surface area (Å²) in [5.41, 5.74) is -0.684. The number of nitrogens with one attached hydrogen (secondary N) is 1. The van der Waals surface area contributed by atoms with Crippen LogP contribution < -0.4 is 5.32 Å². The minimum absolute atomic E-state index is 0.00628. The average Bonchev–Trinajstić information content (AvgIpc) is 3.24. The van der Waals surface area contributed by atoms with Crippen molar-refractivity contribution in [1.29, 1.82) is 0 Å². The van der Waals surface area contributed by atoms with E-state index in [1.807, 2.05) is 0 Å². The van der Waals surface area contributed by atoms with E-state index in [0.29, 0.717) is 6.67 Å². The largest absolute Gasteiger partial charge is 0.326 e. The number of rotatable bonds is 4. The van der Waals surface area contributed by atoms with Crippen LogP contribution in [0.3, 0.4) is 0 Å². The molecule has 0 radical (unpaired) electrons. The summed E-state index contributed by atoms with van der Waals surface area (Å²) in [4.78, 5) is 33.5. The van der Waals surface area contributed by atoms with Gasteiger partial charge in [-0.05, 0) is 36.1 Å². The van der Waals surface area contributed by atoms with Gasteiger partial charge in [-0.15, -0.1) is 11.3 Å². The summed E-state index contributed by atoms with van der Waals surface area (Å²) >= 11 is 1.80. The summed E-state index contributed by atoms with van der Waals surface area (Å²) in [5, 5.41) is 5.22. The molecule has 3 amide bonds. The molecule has 3 fully saturated rings. The van der Waals surface area contributed by atoms with E-state index in [2.05, 4.69) is 46.5 Å². The number of nitrogens with zero attached hydrogens (tertiary/aromatic N) is 3. The predicted octanol–water partition coefficient (Wildman–Crippen LogP) is 2.57. The number of carbonyl (C=O) groups is 2. The molecule has 2 saturated heterocycles. The highest BCUT2D eigenvalue weighted by molar-refractivity contribution is 7.09. The zero-order valence-electron chi connectivity index (χ0n) is 16.3. The first kappa shape index (κ1) is 18.9. The summed E-state index contributed by atoms with van der Waals surface area (Å²) in [6.07, 6.45) is 3.15. The maximum Gasteiger partial charge on any atom is 0.326 e. The highest BCUT2D eigenvalue weighted by Gasteiger charge is 2.58. The van der Waals surface area contributed by atoms with E-state index >= 15 is 0 Å². The van der Waals surface area contributed by atoms with Gasteiger partial charge in [-0.25, -0.2) is 9.69 Å². The van der Waals surface area contributed by atoms with Crippen molar-refractivity contribution in [2.45, 2.75) is 45.2 Å². The first-order valence-electron chi connectivity index (χ1n) is 10.1. The zero-order valence-corrected chi connectivity index (χ0v) is 17.1. The van der Waals surface area contributed by atoms with Gasteiger partial charge in [0.25, 0.3) is 5.91 Å². The third-order valence-corrected chi connectivity index (χ3v) is 7.61. The van der Waals surface area contributed by atoms with Crippen molar-refractivity contribution in [2.75, 3.05) is 32.8 Å². The Kier molecular flexibility index (Phi) is 5.27. The summed E-state index contributed by atoms with van der Waals surface area (Å²) in [6.45, 7) is 9.35. The molecule has 1 saturated carbocycles. The smallest absolute Gasteiger partial charge is 0.323 e. The molecule has 1 aromatic heterocycles. The third-order valence-electron chi connectivity index (χ3n) is 6.75. The van der Waals surface area contributed by atoms with Crippen LogP contribution in [-0.4, -0.2) is 65.0 Å². The molecule has 3 heterocycles. The lowest BCUT2D eigenvalue weighted by Gasteiger charge is -2.42. The second-order valence-electron chi connectivity index (χ2n) is 8.38. The molecule has 4 rings (SSSR count). The maximum atomic E-state index is 13.3. The van der Waals surface area contributed by atoms with Gasteiger partial charge in [0, 0.05) is 37.6 Å². The van der Waals surface area contributed by atoms with Crippen LogP contribution in [0.4, 0.5) is 4.79 Å². The number of thiophene rings is 1. The first-order chi connectivity index (χ1) is 13.0. The summed E-state index contributed by atoms with van der Waals surface area (Å²) in [7, 11) is 0. The molecule has 148 valence electrons. The molecule has 0 bridgehead atoms. The fourth-order valence-electron chi connectivity index (χ4n) is 4.99. The van der Waals surface area contributed by atoms with Crippen molar-refractivity contribution in [3.63, 3.8) is 0 Å². The van der Waals surface area contributed by atoms with Gasteiger partial charge in [-0.1, -0.05) is 26.3 Å². The molecule has 6 nitrogen and oxygen atoms in total. The fourth-order valence-corrected chi connectivity index (χ4v) is 5.74. The van der Waals surface area contributed by atoms with Gasteiger partial charge in [0.15, 0.2) is 0 Å². The van der Waals surface area contributed by atoms with Crippen molar-refractivity contribution < 1.29 is 9.59 Å². The topological polar surface area (TPSA) is 55.9 Å². The SMILES string of the molecule is CC1CCCC(C)C12NC(=O)N(CN1CCN(Cc3cccs3)CC1)C2=O. The van der Waals surface area contributed by atoms with Gasteiger partial charge in [0.1, 0.15) is 5.54 Å². The Hall–Kier alpha value is -1.44. The lowest BCUT2D eigenvalue weighted by Crippen LogP contribution is -2.59. The Balaban J connectivity index is 1.36. The molecule has 0 aromatic carbocycles. The molecule has 3 aliphatic rings. The Morgan fingerprint density at radius 2 is 1.78 bits per heavy atom. The van der Waals surface area contributed by atoms with Crippen molar-refractivity contribution in [1.82, 2.24) is 20.0 Å². The summed E-state index contributed by atoms with van der Waals surface area (Å²) in [6, 6.07) is 4.06. The molecule has 2 unspecified atom stereocenters. The Labute approximate surface area is 165 Å². The number of amides is 3. The molecular weight excluding hydrogens is 360 g/mol. The van der Waals surface area contributed by atoms with Crippen molar-refractivity contribution in [3.05, 3.63) is 22.4 Å².